The second-order valence-corrected chi connectivity index (χ2v) is 6.71. The molecular weight excluding hydrogens is 426 g/mol. The fourth-order valence-electron chi connectivity index (χ4n) is 2.30. The Morgan fingerprint density at radius 3 is 2.54 bits per heavy atom. The summed E-state index contributed by atoms with van der Waals surface area (Å²) < 4.78 is 11.5. The normalized spacial score (nSPS) is 10.6. The molecule has 0 aliphatic heterocycles. The second kappa shape index (κ2) is 10.5. The van der Waals surface area contributed by atoms with Crippen molar-refractivity contribution < 1.29 is 19.1 Å². The van der Waals surface area contributed by atoms with E-state index in [2.05, 4.69) is 31.8 Å². The Morgan fingerprint density at radius 2 is 1.89 bits per heavy atom. The summed E-state index contributed by atoms with van der Waals surface area (Å²) in [6, 6.07) is 10.8. The van der Waals surface area contributed by atoms with Crippen LogP contribution < -0.4 is 20.2 Å². The number of methoxy groups -OCH3 is 1. The van der Waals surface area contributed by atoms with Crippen molar-refractivity contribution in [1.82, 2.24) is 5.43 Å². The number of nitrogens with one attached hydrogen (secondary N) is 2. The van der Waals surface area contributed by atoms with Crippen molar-refractivity contribution in [1.29, 1.82) is 0 Å². The highest BCUT2D eigenvalue weighted by Gasteiger charge is 2.11. The first kappa shape index (κ1) is 21.4. The van der Waals surface area contributed by atoms with E-state index in [4.69, 9.17) is 9.47 Å². The molecular formula is C20H22BrN3O4. The van der Waals surface area contributed by atoms with Crippen LogP contribution in [0.5, 0.6) is 11.5 Å². The fourth-order valence-corrected chi connectivity index (χ4v) is 2.88. The van der Waals surface area contributed by atoms with Gasteiger partial charge >= 0.3 is 0 Å². The van der Waals surface area contributed by atoms with Crippen LogP contribution in [0.2, 0.25) is 0 Å². The number of halogens is 1. The first-order valence-electron chi connectivity index (χ1n) is 8.61. The van der Waals surface area contributed by atoms with Gasteiger partial charge in [-0.3, -0.25) is 9.59 Å². The van der Waals surface area contributed by atoms with Crippen LogP contribution in [0, 0.1) is 6.92 Å². The Morgan fingerprint density at radius 1 is 1.18 bits per heavy atom. The molecule has 2 N–H and O–H groups in total. The topological polar surface area (TPSA) is 89.0 Å². The molecule has 2 rings (SSSR count). The van der Waals surface area contributed by atoms with E-state index in [1.807, 2.05) is 26.0 Å². The number of benzene rings is 2. The third-order valence-corrected chi connectivity index (χ3v) is 4.19. The number of anilines is 1. The highest BCUT2D eigenvalue weighted by atomic mass is 79.9. The van der Waals surface area contributed by atoms with E-state index in [0.29, 0.717) is 33.8 Å². The summed E-state index contributed by atoms with van der Waals surface area (Å²) in [5.41, 5.74) is 4.75. The van der Waals surface area contributed by atoms with E-state index in [-0.39, 0.29) is 6.42 Å². The third kappa shape index (κ3) is 6.38. The van der Waals surface area contributed by atoms with Crippen LogP contribution in [0.1, 0.15) is 24.5 Å². The number of hydrogen-bond acceptors (Lipinski definition) is 5. The van der Waals surface area contributed by atoms with Gasteiger partial charge in [-0.05, 0) is 59.6 Å². The summed E-state index contributed by atoms with van der Waals surface area (Å²) in [5.74, 6) is 0.209. The zero-order chi connectivity index (χ0) is 20.5. The highest BCUT2D eigenvalue weighted by Crippen LogP contribution is 2.36. The number of nitrogens with zero attached hydrogens (tertiary/aromatic N) is 1. The minimum Gasteiger partial charge on any atom is -0.493 e. The zero-order valence-corrected chi connectivity index (χ0v) is 17.5. The van der Waals surface area contributed by atoms with E-state index in [0.717, 1.165) is 5.56 Å². The van der Waals surface area contributed by atoms with Crippen LogP contribution >= 0.6 is 15.9 Å². The van der Waals surface area contributed by atoms with Crippen LogP contribution in [-0.4, -0.2) is 31.7 Å². The quantitative estimate of drug-likeness (QED) is 0.367. The predicted octanol–water partition coefficient (Wildman–Crippen LogP) is 3.64. The Kier molecular flexibility index (Phi) is 8.01. The second-order valence-electron chi connectivity index (χ2n) is 5.85. The maximum atomic E-state index is 11.9. The summed E-state index contributed by atoms with van der Waals surface area (Å²) in [4.78, 5) is 23.8. The van der Waals surface area contributed by atoms with Gasteiger partial charge in [0, 0.05) is 5.69 Å². The van der Waals surface area contributed by atoms with Crippen molar-refractivity contribution in [3.63, 3.8) is 0 Å². The number of hydrazone groups is 1. The molecule has 2 amide bonds. The molecule has 0 saturated heterocycles. The first-order chi connectivity index (χ1) is 13.4. The average Bonchev–Trinajstić information content (AvgIpc) is 2.65. The van der Waals surface area contributed by atoms with Crippen molar-refractivity contribution in [2.75, 3.05) is 19.0 Å². The molecule has 0 aliphatic rings. The molecule has 0 aliphatic carbocycles. The molecule has 8 heteroatoms. The molecule has 0 atom stereocenters. The number of rotatable bonds is 8. The molecule has 0 radical (unpaired) electrons. The number of ether oxygens (including phenoxy) is 2. The summed E-state index contributed by atoms with van der Waals surface area (Å²) in [6.07, 6.45) is 1.13. The number of carbonyl (C=O) groups excluding carboxylic acids is 2. The molecule has 2 aromatic rings. The van der Waals surface area contributed by atoms with Gasteiger partial charge in [0.2, 0.25) is 11.8 Å². The largest absolute Gasteiger partial charge is 0.493 e. The van der Waals surface area contributed by atoms with Gasteiger partial charge in [-0.25, -0.2) is 5.43 Å². The standard InChI is InChI=1S/C20H22BrN3O4/c1-4-28-20-16(21)9-14(10-17(20)27-3)12-22-24-19(26)11-18(25)23-15-7-5-13(2)6-8-15/h5-10,12H,4,11H2,1-3H3,(H,23,25)(H,24,26). The summed E-state index contributed by atoms with van der Waals surface area (Å²) in [6.45, 7) is 4.34. The first-order valence-corrected chi connectivity index (χ1v) is 9.41. The van der Waals surface area contributed by atoms with E-state index < -0.39 is 11.8 Å². The molecule has 0 bridgehead atoms. The maximum absolute atomic E-state index is 11.9. The minimum atomic E-state index is -0.516. The lowest BCUT2D eigenvalue weighted by Crippen LogP contribution is -2.24. The Balaban J connectivity index is 1.91. The lowest BCUT2D eigenvalue weighted by Gasteiger charge is -2.11. The van der Waals surface area contributed by atoms with Gasteiger partial charge in [-0.1, -0.05) is 17.7 Å². The lowest BCUT2D eigenvalue weighted by molar-refractivity contribution is -0.126. The molecule has 0 saturated carbocycles. The Hall–Kier alpha value is -2.87. The molecule has 148 valence electrons. The van der Waals surface area contributed by atoms with Crippen molar-refractivity contribution in [2.24, 2.45) is 5.10 Å². The fraction of sp³-hybridized carbons (Fsp3) is 0.250. The third-order valence-electron chi connectivity index (χ3n) is 3.60. The van der Waals surface area contributed by atoms with Crippen molar-refractivity contribution in [3.8, 4) is 11.5 Å². The summed E-state index contributed by atoms with van der Waals surface area (Å²) >= 11 is 3.42. The number of hydrogen-bond donors (Lipinski definition) is 2. The molecule has 0 fully saturated rings. The molecule has 7 nitrogen and oxygen atoms in total. The van der Waals surface area contributed by atoms with Crippen LogP contribution in [0.3, 0.4) is 0 Å². The maximum Gasteiger partial charge on any atom is 0.249 e. The molecule has 0 aromatic heterocycles. The summed E-state index contributed by atoms with van der Waals surface area (Å²) in [7, 11) is 1.54. The van der Waals surface area contributed by atoms with Gasteiger partial charge in [0.05, 0.1) is 24.4 Å². The number of carbonyl (C=O) groups is 2. The zero-order valence-electron chi connectivity index (χ0n) is 15.9. The van der Waals surface area contributed by atoms with Gasteiger partial charge in [-0.15, -0.1) is 0 Å². The Labute approximate surface area is 172 Å². The Bertz CT molecular complexity index is 866. The lowest BCUT2D eigenvalue weighted by atomic mass is 10.2. The number of amides is 2. The van der Waals surface area contributed by atoms with Gasteiger partial charge in [0.1, 0.15) is 6.42 Å². The van der Waals surface area contributed by atoms with Gasteiger partial charge in [0.15, 0.2) is 11.5 Å². The van der Waals surface area contributed by atoms with Crippen molar-refractivity contribution in [3.05, 3.63) is 52.0 Å². The summed E-state index contributed by atoms with van der Waals surface area (Å²) in [5, 5.41) is 6.54. The smallest absolute Gasteiger partial charge is 0.249 e. The van der Waals surface area contributed by atoms with Crippen molar-refractivity contribution in [2.45, 2.75) is 20.3 Å². The average molecular weight is 448 g/mol. The molecule has 0 heterocycles. The SMILES string of the molecule is CCOc1c(Br)cc(C=NNC(=O)CC(=O)Nc2ccc(C)cc2)cc1OC. The van der Waals surface area contributed by atoms with Crippen LogP contribution in [0.25, 0.3) is 0 Å². The van der Waals surface area contributed by atoms with Crippen LogP contribution in [0.4, 0.5) is 5.69 Å². The molecule has 0 spiro atoms. The van der Waals surface area contributed by atoms with E-state index in [1.165, 1.54) is 6.21 Å². The van der Waals surface area contributed by atoms with Crippen molar-refractivity contribution >= 4 is 39.6 Å². The van der Waals surface area contributed by atoms with Crippen LogP contribution in [-0.2, 0) is 9.59 Å². The van der Waals surface area contributed by atoms with Crippen LogP contribution in [0.15, 0.2) is 46.0 Å². The van der Waals surface area contributed by atoms with Gasteiger partial charge in [0.25, 0.3) is 0 Å². The number of aryl methyl sites for hydroxylation is 1. The molecule has 2 aromatic carbocycles. The van der Waals surface area contributed by atoms with E-state index >= 15 is 0 Å². The minimum absolute atomic E-state index is 0.332. The van der Waals surface area contributed by atoms with Gasteiger partial charge < -0.3 is 14.8 Å². The molecule has 0 unspecified atom stereocenters. The highest BCUT2D eigenvalue weighted by molar-refractivity contribution is 9.10. The molecule has 28 heavy (non-hydrogen) atoms. The van der Waals surface area contributed by atoms with Gasteiger partial charge in [-0.2, -0.15) is 5.10 Å². The predicted molar refractivity (Wildman–Crippen MR) is 112 cm³/mol. The monoisotopic (exact) mass is 447 g/mol. The van der Waals surface area contributed by atoms with E-state index in [1.54, 1.807) is 31.4 Å². The van der Waals surface area contributed by atoms with E-state index in [9.17, 15) is 9.59 Å².